The van der Waals surface area contributed by atoms with Crippen molar-refractivity contribution < 1.29 is 4.74 Å². The number of hydrogen-bond acceptors (Lipinski definition) is 2. The molecule has 0 radical (unpaired) electrons. The lowest BCUT2D eigenvalue weighted by molar-refractivity contribution is 0.415. The zero-order valence-electron chi connectivity index (χ0n) is 10.6. The minimum Gasteiger partial charge on any atom is -0.497 e. The van der Waals surface area contributed by atoms with E-state index in [1.54, 1.807) is 7.11 Å². The van der Waals surface area contributed by atoms with Crippen LogP contribution in [0.25, 0.3) is 0 Å². The van der Waals surface area contributed by atoms with Gasteiger partial charge < -0.3 is 15.4 Å². The second-order valence-electron chi connectivity index (χ2n) is 3.94. The fourth-order valence-corrected chi connectivity index (χ4v) is 2.95. The molecule has 0 bridgehead atoms. The SMILES string of the molecule is COc1cccc(NC(=S)Nc2ccc(Br)cc2Br)c1. The first-order valence-electron chi connectivity index (χ1n) is 5.75. The maximum Gasteiger partial charge on any atom is 0.175 e. The minimum absolute atomic E-state index is 0.515. The van der Waals surface area contributed by atoms with E-state index in [4.69, 9.17) is 17.0 Å². The number of rotatable bonds is 3. The molecule has 0 heterocycles. The molecule has 0 aliphatic carbocycles. The number of nitrogens with one attached hydrogen (secondary N) is 2. The number of benzene rings is 2. The van der Waals surface area contributed by atoms with Crippen LogP contribution < -0.4 is 15.4 Å². The Labute approximate surface area is 140 Å². The fourth-order valence-electron chi connectivity index (χ4n) is 1.58. The summed E-state index contributed by atoms with van der Waals surface area (Å²) in [4.78, 5) is 0. The van der Waals surface area contributed by atoms with Crippen LogP contribution >= 0.6 is 44.1 Å². The lowest BCUT2D eigenvalue weighted by Gasteiger charge is -2.12. The molecule has 2 aromatic carbocycles. The molecule has 0 atom stereocenters. The number of thiocarbonyl (C=S) groups is 1. The first-order chi connectivity index (χ1) is 9.58. The second kappa shape index (κ2) is 7.06. The van der Waals surface area contributed by atoms with Crippen LogP contribution in [0.5, 0.6) is 5.75 Å². The van der Waals surface area contributed by atoms with E-state index in [1.807, 2.05) is 42.5 Å². The molecule has 0 amide bonds. The van der Waals surface area contributed by atoms with Gasteiger partial charge in [-0.15, -0.1) is 0 Å². The summed E-state index contributed by atoms with van der Waals surface area (Å²) in [5.74, 6) is 0.780. The van der Waals surface area contributed by atoms with Crippen LogP contribution in [-0.2, 0) is 0 Å². The molecule has 0 fully saturated rings. The van der Waals surface area contributed by atoms with Crippen molar-refractivity contribution in [3.63, 3.8) is 0 Å². The Morgan fingerprint density at radius 3 is 2.60 bits per heavy atom. The van der Waals surface area contributed by atoms with E-state index >= 15 is 0 Å². The van der Waals surface area contributed by atoms with Crippen LogP contribution in [0, 0.1) is 0 Å². The number of anilines is 2. The molecule has 0 saturated carbocycles. The minimum atomic E-state index is 0.515. The zero-order chi connectivity index (χ0) is 14.5. The van der Waals surface area contributed by atoms with Crippen molar-refractivity contribution in [2.24, 2.45) is 0 Å². The lowest BCUT2D eigenvalue weighted by atomic mass is 10.3. The molecule has 0 unspecified atom stereocenters. The zero-order valence-corrected chi connectivity index (χ0v) is 14.6. The van der Waals surface area contributed by atoms with E-state index in [0.29, 0.717) is 5.11 Å². The second-order valence-corrected chi connectivity index (χ2v) is 6.11. The highest BCUT2D eigenvalue weighted by molar-refractivity contribution is 9.11. The van der Waals surface area contributed by atoms with Gasteiger partial charge in [-0.25, -0.2) is 0 Å². The average Bonchev–Trinajstić information content (AvgIpc) is 2.42. The molecule has 3 nitrogen and oxygen atoms in total. The summed E-state index contributed by atoms with van der Waals surface area (Å²) in [5.41, 5.74) is 1.77. The summed E-state index contributed by atoms with van der Waals surface area (Å²) < 4.78 is 7.10. The molecule has 6 heteroatoms. The van der Waals surface area contributed by atoms with Gasteiger partial charge >= 0.3 is 0 Å². The van der Waals surface area contributed by atoms with Crippen molar-refractivity contribution in [1.82, 2.24) is 0 Å². The fraction of sp³-hybridized carbons (Fsp3) is 0.0714. The van der Waals surface area contributed by atoms with Gasteiger partial charge in [0.1, 0.15) is 5.75 Å². The van der Waals surface area contributed by atoms with Gasteiger partial charge in [-0.2, -0.15) is 0 Å². The first kappa shape index (κ1) is 15.3. The van der Waals surface area contributed by atoms with Gasteiger partial charge in [-0.1, -0.05) is 22.0 Å². The molecule has 2 aromatic rings. The van der Waals surface area contributed by atoms with Crippen molar-refractivity contribution in [2.75, 3.05) is 17.7 Å². The number of halogens is 2. The molecular formula is C14H12Br2N2OS. The number of methoxy groups -OCH3 is 1. The highest BCUT2D eigenvalue weighted by atomic mass is 79.9. The Morgan fingerprint density at radius 2 is 1.90 bits per heavy atom. The van der Waals surface area contributed by atoms with Gasteiger partial charge in [0, 0.05) is 20.7 Å². The first-order valence-corrected chi connectivity index (χ1v) is 7.75. The topological polar surface area (TPSA) is 33.3 Å². The van der Waals surface area contributed by atoms with Gasteiger partial charge in [0.05, 0.1) is 12.8 Å². The van der Waals surface area contributed by atoms with Crippen LogP contribution in [0.3, 0.4) is 0 Å². The van der Waals surface area contributed by atoms with Crippen LogP contribution in [0.15, 0.2) is 51.4 Å². The smallest absolute Gasteiger partial charge is 0.175 e. The van der Waals surface area contributed by atoms with Crippen LogP contribution in [0.1, 0.15) is 0 Å². The van der Waals surface area contributed by atoms with Gasteiger partial charge in [-0.3, -0.25) is 0 Å². The van der Waals surface area contributed by atoms with Crippen LogP contribution in [-0.4, -0.2) is 12.2 Å². The van der Waals surface area contributed by atoms with Crippen molar-refractivity contribution in [3.8, 4) is 5.75 Å². The molecule has 0 spiro atoms. The van der Waals surface area contributed by atoms with Crippen LogP contribution in [0.4, 0.5) is 11.4 Å². The number of ether oxygens (including phenoxy) is 1. The van der Waals surface area contributed by atoms with Crippen LogP contribution in [0.2, 0.25) is 0 Å². The summed E-state index contributed by atoms with van der Waals surface area (Å²) in [6.07, 6.45) is 0. The van der Waals surface area contributed by atoms with Gasteiger partial charge in [0.15, 0.2) is 5.11 Å². The third-order valence-electron chi connectivity index (χ3n) is 2.51. The highest BCUT2D eigenvalue weighted by Gasteiger charge is 2.04. The monoisotopic (exact) mass is 414 g/mol. The Balaban J connectivity index is 2.05. The third kappa shape index (κ3) is 4.19. The molecule has 104 valence electrons. The standard InChI is InChI=1S/C14H12Br2N2OS/c1-19-11-4-2-3-10(8-11)17-14(20)18-13-6-5-9(15)7-12(13)16/h2-8H,1H3,(H2,17,18,20). The molecule has 0 saturated heterocycles. The Bertz CT molecular complexity index is 634. The van der Waals surface area contributed by atoms with Gasteiger partial charge in [0.25, 0.3) is 0 Å². The lowest BCUT2D eigenvalue weighted by Crippen LogP contribution is -2.19. The van der Waals surface area contributed by atoms with Crippen molar-refractivity contribution in [3.05, 3.63) is 51.4 Å². The summed E-state index contributed by atoms with van der Waals surface area (Å²) in [6, 6.07) is 13.4. The van der Waals surface area contributed by atoms with E-state index in [0.717, 1.165) is 26.1 Å². The molecule has 0 aliphatic heterocycles. The highest BCUT2D eigenvalue weighted by Crippen LogP contribution is 2.26. The van der Waals surface area contributed by atoms with Crippen molar-refractivity contribution >= 4 is 60.6 Å². The molecule has 2 rings (SSSR count). The van der Waals surface area contributed by atoms with E-state index in [-0.39, 0.29) is 0 Å². The largest absolute Gasteiger partial charge is 0.497 e. The normalized spacial score (nSPS) is 9.95. The number of hydrogen-bond donors (Lipinski definition) is 2. The predicted octanol–water partition coefficient (Wildman–Crippen LogP) is 5.03. The maximum absolute atomic E-state index is 5.29. The van der Waals surface area contributed by atoms with E-state index in [9.17, 15) is 0 Å². The Hall–Kier alpha value is -1.11. The molecule has 0 aliphatic rings. The average molecular weight is 416 g/mol. The third-order valence-corrected chi connectivity index (χ3v) is 3.86. The molecular weight excluding hydrogens is 404 g/mol. The van der Waals surface area contributed by atoms with E-state index in [2.05, 4.69) is 42.5 Å². The quantitative estimate of drug-likeness (QED) is 0.688. The van der Waals surface area contributed by atoms with Gasteiger partial charge in [0.2, 0.25) is 0 Å². The Morgan fingerprint density at radius 1 is 1.10 bits per heavy atom. The van der Waals surface area contributed by atoms with Crippen molar-refractivity contribution in [1.29, 1.82) is 0 Å². The Kier molecular flexibility index (Phi) is 5.39. The van der Waals surface area contributed by atoms with E-state index < -0.39 is 0 Å². The van der Waals surface area contributed by atoms with E-state index in [1.165, 1.54) is 0 Å². The maximum atomic E-state index is 5.29. The molecule has 20 heavy (non-hydrogen) atoms. The predicted molar refractivity (Wildman–Crippen MR) is 94.7 cm³/mol. The summed E-state index contributed by atoms with van der Waals surface area (Å²) in [7, 11) is 1.63. The summed E-state index contributed by atoms with van der Waals surface area (Å²) in [5, 5.41) is 6.76. The molecule has 2 N–H and O–H groups in total. The summed E-state index contributed by atoms with van der Waals surface area (Å²) in [6.45, 7) is 0. The molecule has 0 aromatic heterocycles. The van der Waals surface area contributed by atoms with Gasteiger partial charge in [-0.05, 0) is 58.5 Å². The van der Waals surface area contributed by atoms with Crippen molar-refractivity contribution in [2.45, 2.75) is 0 Å². The summed E-state index contributed by atoms with van der Waals surface area (Å²) >= 11 is 12.2.